The van der Waals surface area contributed by atoms with E-state index in [0.29, 0.717) is 84.0 Å². The molecule has 0 amide bonds. The molecule has 2 atom stereocenters. The number of hydrogen-bond acceptors (Lipinski definition) is 36. The second kappa shape index (κ2) is 51.8. The Balaban J connectivity index is 0.000000226. The summed E-state index contributed by atoms with van der Waals surface area (Å²) in [6.45, 7) is 46.6. The number of nitrogens with one attached hydrogen (secondary N) is 2. The number of nitrogens with zero attached hydrogens (tertiary/aromatic N) is 23. The minimum absolute atomic E-state index is 0.0627. The summed E-state index contributed by atoms with van der Waals surface area (Å²) in [5.74, 6) is 12.0. The molecule has 9 aromatic rings. The fraction of sp³-hybridized carbons (Fsp3) is 0.583. The summed E-state index contributed by atoms with van der Waals surface area (Å²) in [6.07, 6.45) is 14.1. The number of benzene rings is 2. The zero-order valence-electron chi connectivity index (χ0n) is 74.6. The maximum Gasteiger partial charge on any atom is 0.230 e. The Morgan fingerprint density at radius 2 is 0.817 bits per heavy atom. The third-order valence-electron chi connectivity index (χ3n) is 18.6. The normalized spacial score (nSPS) is 12.8. The molecule has 0 bridgehead atoms. The first kappa shape index (κ1) is 97.4. The molecule has 0 spiro atoms. The molecule has 2 fully saturated rings. The van der Waals surface area contributed by atoms with E-state index in [2.05, 4.69) is 184 Å². The van der Waals surface area contributed by atoms with Crippen molar-refractivity contribution < 1.29 is 23.7 Å². The van der Waals surface area contributed by atoms with Gasteiger partial charge in [0.1, 0.15) is 23.2 Å². The zero-order valence-corrected chi connectivity index (χ0v) is 74.6. The first-order chi connectivity index (χ1) is 57.6. The van der Waals surface area contributed by atoms with E-state index in [-0.39, 0.29) is 47.9 Å². The van der Waals surface area contributed by atoms with Crippen LogP contribution in [0.25, 0.3) is 34.2 Å². The minimum Gasteiger partial charge on any atom is -0.493 e. The molecule has 14 N–H and O–H groups in total. The van der Waals surface area contributed by atoms with E-state index in [0.717, 1.165) is 148 Å². The molecular formula is C84H135N31O5. The monoisotopic (exact) mass is 1660 g/mol. The smallest absolute Gasteiger partial charge is 0.230 e. The molecule has 9 heterocycles. The molecule has 0 radical (unpaired) electrons. The number of methoxy groups -OCH3 is 2. The number of aryl methyl sites for hydroxylation is 3. The van der Waals surface area contributed by atoms with Crippen LogP contribution in [0.2, 0.25) is 0 Å². The predicted octanol–water partition coefficient (Wildman–Crippen LogP) is 13.0. The lowest BCUT2D eigenvalue weighted by Gasteiger charge is -2.30. The first-order valence-electron chi connectivity index (χ1n) is 42.3. The molecule has 2 aliphatic heterocycles. The number of nitrogens with two attached hydrogens (primary N) is 6. The quantitative estimate of drug-likeness (QED) is 0.0186. The second-order valence-electron chi connectivity index (χ2n) is 29.9. The van der Waals surface area contributed by atoms with Crippen LogP contribution in [0.15, 0.2) is 54.6 Å². The Hall–Kier alpha value is -11.4. The number of rotatable bonds is 34. The van der Waals surface area contributed by atoms with Gasteiger partial charge in [0, 0.05) is 121 Å². The highest BCUT2D eigenvalue weighted by Gasteiger charge is 2.22. The molecule has 120 heavy (non-hydrogen) atoms. The molecule has 656 valence electrons. The lowest BCUT2D eigenvalue weighted by molar-refractivity contribution is 0.0907. The van der Waals surface area contributed by atoms with Gasteiger partial charge in [0.05, 0.1) is 32.0 Å². The summed E-state index contributed by atoms with van der Waals surface area (Å²) in [7, 11) is 3.35. The van der Waals surface area contributed by atoms with Crippen molar-refractivity contribution in [2.24, 2.45) is 5.92 Å². The number of anilines is 12. The standard InChI is InChI=1S/C19H29N5O4.C16H31N5.C14H20N6.C14H23N5.C13H17N5O.C8H15N5/c1-12(25-3)7-9-27-15-6-5-14(17-22-18(20)24-19(21)23-17)11-16(15)28-10-8-13(2)26-4;1-6-10-12-20(8-3)15-17-14(5)18-16(19-15)21(9-4)13-11-7-2;1-7(2)10-5-9(6-11(17-10)8(3)4)12-18-13(15)20-14(16)19-12;1-12-15-13(18-8-4-2-5-9-18)17-14(16-12)19-10-6-3-7-11-19;1-8(2)7-19-10-5-3-4-9(6-10)11-16-12(14)18-13(15)17-11;1-4-9-7-11-6(3)12-8(13-7)10-5-2/h5-6,11-13H,7-10H2,1-4H3,(H4,20,21,22,23,24);6-13H2,1-5H3;5-8H,1-4H3,(H4,15,16,18,19,20);2-11H2,1H3;3-6,8H,7H2,1-2H3,(H4,14,15,16,17,18);4-5H2,1-3H3,(H2,9,10,11,12,13). The van der Waals surface area contributed by atoms with Gasteiger partial charge in [0.2, 0.25) is 71.4 Å². The lowest BCUT2D eigenvalue weighted by atomic mass is 10.0. The molecule has 2 aliphatic rings. The fourth-order valence-electron chi connectivity index (χ4n) is 11.8. The number of piperidine rings is 2. The van der Waals surface area contributed by atoms with Crippen LogP contribution >= 0.6 is 0 Å². The summed E-state index contributed by atoms with van der Waals surface area (Å²) in [6, 6.07) is 16.9. The molecule has 0 saturated carbocycles. The van der Waals surface area contributed by atoms with Crippen LogP contribution in [0.5, 0.6) is 17.2 Å². The van der Waals surface area contributed by atoms with Crippen molar-refractivity contribution in [1.82, 2.24) is 94.7 Å². The number of unbranched alkanes of at least 4 members (excludes halogenated alkanes) is 2. The van der Waals surface area contributed by atoms with Crippen molar-refractivity contribution in [1.29, 1.82) is 0 Å². The minimum atomic E-state index is 0.0627. The maximum atomic E-state index is 5.95. The van der Waals surface area contributed by atoms with Crippen molar-refractivity contribution in [3.63, 3.8) is 0 Å². The SMILES string of the molecule is CC(C)COc1cccc(-c2nc(N)nc(N)n2)c1.CC(C)c1cc(-c2nc(N)nc(N)n2)cc(C(C)C)n1.CCCCN(CC)c1nc(C)nc(N(CC)CCCC)n1.CCNc1nc(C)nc(NCC)n1.COC(C)CCOc1ccc(-c2nc(N)nc(N)n2)cc1OCCC(C)OC.Cc1nc(N2CCCCC2)nc(N2CCCCC2)n1. The highest BCUT2D eigenvalue weighted by Crippen LogP contribution is 2.34. The zero-order chi connectivity index (χ0) is 87.6. The summed E-state index contributed by atoms with van der Waals surface area (Å²) >= 11 is 0. The molecule has 36 nitrogen and oxygen atoms in total. The van der Waals surface area contributed by atoms with Gasteiger partial charge in [0.15, 0.2) is 29.0 Å². The van der Waals surface area contributed by atoms with E-state index in [9.17, 15) is 0 Å². The Bertz CT molecular complexity index is 4300. The highest BCUT2D eigenvalue weighted by atomic mass is 16.5. The highest BCUT2D eigenvalue weighted by molar-refractivity contribution is 5.63. The third-order valence-corrected chi connectivity index (χ3v) is 18.6. The largest absolute Gasteiger partial charge is 0.493 e. The van der Waals surface area contributed by atoms with E-state index in [4.69, 9.17) is 68.1 Å². The van der Waals surface area contributed by atoms with Crippen molar-refractivity contribution in [2.45, 2.75) is 219 Å². The van der Waals surface area contributed by atoms with Gasteiger partial charge in [-0.2, -0.15) is 89.7 Å². The van der Waals surface area contributed by atoms with Crippen LogP contribution < -0.4 is 78.8 Å². The first-order valence-corrected chi connectivity index (χ1v) is 42.3. The fourth-order valence-corrected chi connectivity index (χ4v) is 11.8. The van der Waals surface area contributed by atoms with Gasteiger partial charge < -0.3 is 88.3 Å². The average molecular weight is 1660 g/mol. The molecule has 2 saturated heterocycles. The van der Waals surface area contributed by atoms with Crippen LogP contribution in [0.3, 0.4) is 0 Å². The molecule has 36 heteroatoms. The molecule has 7 aromatic heterocycles. The van der Waals surface area contributed by atoms with E-state index < -0.39 is 0 Å². The van der Waals surface area contributed by atoms with Crippen LogP contribution in [-0.4, -0.2) is 206 Å². The number of pyridine rings is 1. The number of ether oxygens (including phenoxy) is 5. The molecule has 2 unspecified atom stereocenters. The maximum absolute atomic E-state index is 5.95. The van der Waals surface area contributed by atoms with Gasteiger partial charge in [-0.05, 0) is 174 Å². The van der Waals surface area contributed by atoms with Crippen molar-refractivity contribution in [3.8, 4) is 51.4 Å². The molecule has 2 aromatic carbocycles. The topological polar surface area (TPSA) is 484 Å². The summed E-state index contributed by atoms with van der Waals surface area (Å²) < 4.78 is 28.0. The number of nitrogen functional groups attached to an aromatic ring is 6. The summed E-state index contributed by atoms with van der Waals surface area (Å²) in [4.78, 5) is 89.8. The summed E-state index contributed by atoms with van der Waals surface area (Å²) in [5, 5.41) is 6.09. The van der Waals surface area contributed by atoms with Gasteiger partial charge >= 0.3 is 0 Å². The Kier molecular flexibility index (Phi) is 42.0. The van der Waals surface area contributed by atoms with Gasteiger partial charge in [-0.3, -0.25) is 4.98 Å². The Morgan fingerprint density at radius 3 is 1.22 bits per heavy atom. The van der Waals surface area contributed by atoms with Crippen LogP contribution in [0.1, 0.15) is 215 Å². The van der Waals surface area contributed by atoms with Crippen LogP contribution in [0, 0.1) is 26.7 Å². The summed E-state index contributed by atoms with van der Waals surface area (Å²) in [5.41, 5.74) is 38.1. The Morgan fingerprint density at radius 1 is 0.408 bits per heavy atom. The lowest BCUT2D eigenvalue weighted by Crippen LogP contribution is -2.34. The van der Waals surface area contributed by atoms with Crippen LogP contribution in [-0.2, 0) is 9.47 Å². The average Bonchev–Trinajstić information content (AvgIpc) is 0.768. The van der Waals surface area contributed by atoms with Gasteiger partial charge in [-0.25, -0.2) is 0 Å². The Labute approximate surface area is 710 Å². The van der Waals surface area contributed by atoms with Crippen molar-refractivity contribution in [3.05, 3.63) is 83.5 Å². The van der Waals surface area contributed by atoms with Gasteiger partial charge in [-0.15, -0.1) is 0 Å². The van der Waals surface area contributed by atoms with Gasteiger partial charge in [-0.1, -0.05) is 80.4 Å². The van der Waals surface area contributed by atoms with E-state index in [1.807, 2.05) is 97.0 Å². The third kappa shape index (κ3) is 34.1. The molecule has 0 aliphatic carbocycles. The number of aromatic nitrogens is 19. The predicted molar refractivity (Wildman–Crippen MR) is 481 cm³/mol. The number of hydrogen-bond donors (Lipinski definition) is 8. The van der Waals surface area contributed by atoms with Crippen molar-refractivity contribution in [2.75, 3.05) is 164 Å². The van der Waals surface area contributed by atoms with Gasteiger partial charge in [0.25, 0.3) is 0 Å². The molecule has 11 rings (SSSR count). The van der Waals surface area contributed by atoms with E-state index in [1.165, 1.54) is 64.2 Å². The molecular weight excluding hydrogens is 1520 g/mol. The van der Waals surface area contributed by atoms with E-state index in [1.54, 1.807) is 20.3 Å². The second-order valence-corrected chi connectivity index (χ2v) is 29.9. The van der Waals surface area contributed by atoms with Crippen molar-refractivity contribution >= 4 is 71.4 Å². The van der Waals surface area contributed by atoms with Crippen LogP contribution in [0.4, 0.5) is 71.4 Å². The van der Waals surface area contributed by atoms with E-state index >= 15 is 0 Å².